The van der Waals surface area contributed by atoms with Crippen LogP contribution in [0.3, 0.4) is 0 Å². The predicted octanol–water partition coefficient (Wildman–Crippen LogP) is 3.92. The zero-order valence-electron chi connectivity index (χ0n) is 18.9. The van der Waals surface area contributed by atoms with Crippen LogP contribution in [0.5, 0.6) is 0 Å². The Bertz CT molecular complexity index is 1130. The average Bonchev–Trinajstić information content (AvgIpc) is 3.12. The molecule has 1 fully saturated rings. The first kappa shape index (κ1) is 22.7. The topological polar surface area (TPSA) is 75.4 Å². The molecule has 1 saturated heterocycles. The van der Waals surface area contributed by atoms with Crippen molar-refractivity contribution in [3.63, 3.8) is 0 Å². The number of dihydropyridines is 1. The Morgan fingerprint density at radius 1 is 1.28 bits per heavy atom. The zero-order valence-corrected chi connectivity index (χ0v) is 20.5. The number of allylic oxidation sites excluding steroid dienone is 1. The van der Waals surface area contributed by atoms with Gasteiger partial charge in [-0.05, 0) is 67.8 Å². The number of amides is 2. The Morgan fingerprint density at radius 2 is 2.00 bits per heavy atom. The van der Waals surface area contributed by atoms with Gasteiger partial charge < -0.3 is 19.4 Å². The highest BCUT2D eigenvalue weighted by Gasteiger charge is 2.27. The van der Waals surface area contributed by atoms with Gasteiger partial charge in [-0.2, -0.15) is 0 Å². The van der Waals surface area contributed by atoms with Crippen molar-refractivity contribution < 1.29 is 14.3 Å². The van der Waals surface area contributed by atoms with E-state index in [2.05, 4.69) is 42.6 Å². The number of hydrogen-bond acceptors (Lipinski definition) is 4. The van der Waals surface area contributed by atoms with Crippen LogP contribution in [0.2, 0.25) is 0 Å². The maximum absolute atomic E-state index is 13.3. The minimum Gasteiger partial charge on any atom is -0.381 e. The summed E-state index contributed by atoms with van der Waals surface area (Å²) in [6.45, 7) is 7.42. The fourth-order valence-electron chi connectivity index (χ4n) is 4.66. The molecular weight excluding hydrogens is 472 g/mol. The Hall–Kier alpha value is -2.45. The summed E-state index contributed by atoms with van der Waals surface area (Å²) in [6, 6.07) is 4.26. The van der Waals surface area contributed by atoms with Gasteiger partial charge in [-0.1, -0.05) is 5.57 Å². The minimum atomic E-state index is -0.418. The number of nitrogens with one attached hydrogen (secondary N) is 1. The number of anilines is 1. The van der Waals surface area contributed by atoms with E-state index in [-0.39, 0.29) is 18.4 Å². The van der Waals surface area contributed by atoms with Crippen molar-refractivity contribution in [1.29, 1.82) is 0 Å². The molecule has 0 aromatic carbocycles. The van der Waals surface area contributed by atoms with Crippen LogP contribution in [0, 0.1) is 12.8 Å². The molecule has 170 valence electrons. The summed E-state index contributed by atoms with van der Waals surface area (Å²) in [5.41, 5.74) is 4.08. The Kier molecular flexibility index (Phi) is 6.53. The molecule has 0 saturated carbocycles. The van der Waals surface area contributed by atoms with E-state index in [1.807, 2.05) is 38.3 Å². The number of ether oxygens (including phenoxy) is 1. The molecule has 2 aliphatic rings. The summed E-state index contributed by atoms with van der Waals surface area (Å²) in [5, 5.41) is 2.97. The number of pyridine rings is 1. The van der Waals surface area contributed by atoms with Crippen LogP contribution in [0.15, 0.2) is 39.4 Å². The van der Waals surface area contributed by atoms with Crippen molar-refractivity contribution in [1.82, 2.24) is 9.72 Å². The lowest BCUT2D eigenvalue weighted by Crippen LogP contribution is -2.39. The molecule has 32 heavy (non-hydrogen) atoms. The Labute approximate surface area is 196 Å². The maximum Gasteiger partial charge on any atom is 0.254 e. The average molecular weight is 501 g/mol. The van der Waals surface area contributed by atoms with E-state index in [0.717, 1.165) is 53.0 Å². The van der Waals surface area contributed by atoms with E-state index in [9.17, 15) is 9.59 Å². The van der Waals surface area contributed by atoms with Gasteiger partial charge in [0.15, 0.2) is 0 Å². The van der Waals surface area contributed by atoms with E-state index in [4.69, 9.17) is 4.74 Å². The number of aromatic nitrogens is 1. The van der Waals surface area contributed by atoms with Gasteiger partial charge in [0.2, 0.25) is 0 Å². The summed E-state index contributed by atoms with van der Waals surface area (Å²) >= 11 is 3.57. The highest BCUT2D eigenvalue weighted by molar-refractivity contribution is 9.10. The Morgan fingerprint density at radius 3 is 2.69 bits per heavy atom. The second kappa shape index (κ2) is 9.19. The number of carbonyl (C=O) groups is 2. The third-order valence-corrected chi connectivity index (χ3v) is 6.86. The number of nitrogens with zero attached hydrogens (tertiary/aromatic N) is 3. The van der Waals surface area contributed by atoms with Gasteiger partial charge in [-0.15, -0.1) is 0 Å². The molecule has 7 nitrogen and oxygen atoms in total. The molecule has 8 heteroatoms. The van der Waals surface area contributed by atoms with E-state index < -0.39 is 5.92 Å². The van der Waals surface area contributed by atoms with Crippen LogP contribution < -0.4 is 10.2 Å². The number of carbonyl (C=O) groups excluding carboxylic acids is 2. The normalized spacial score (nSPS) is 19.7. The Balaban J connectivity index is 1.64. The van der Waals surface area contributed by atoms with Crippen molar-refractivity contribution >= 4 is 44.8 Å². The summed E-state index contributed by atoms with van der Waals surface area (Å²) in [6.07, 6.45) is 5.83. The first-order valence-corrected chi connectivity index (χ1v) is 11.7. The summed E-state index contributed by atoms with van der Waals surface area (Å²) < 4.78 is 8.62. The van der Waals surface area contributed by atoms with Crippen LogP contribution in [-0.4, -0.2) is 54.8 Å². The largest absolute Gasteiger partial charge is 0.381 e. The molecule has 0 bridgehead atoms. The SMILES string of the molecule is CC1=CC(C)=NC(=O)C1CNC(=O)c1cc2cc(Br)cn2c(N(C)C2CCOCC2)c1C. The second-order valence-electron chi connectivity index (χ2n) is 8.66. The van der Waals surface area contributed by atoms with E-state index in [1.54, 1.807) is 6.92 Å². The summed E-state index contributed by atoms with van der Waals surface area (Å²) in [4.78, 5) is 31.9. The van der Waals surface area contributed by atoms with Gasteiger partial charge in [0.25, 0.3) is 11.8 Å². The van der Waals surface area contributed by atoms with Crippen molar-refractivity contribution in [3.8, 4) is 0 Å². The van der Waals surface area contributed by atoms with Crippen LogP contribution in [0.1, 0.15) is 42.6 Å². The van der Waals surface area contributed by atoms with E-state index in [1.165, 1.54) is 0 Å². The van der Waals surface area contributed by atoms with Crippen molar-refractivity contribution in [2.24, 2.45) is 10.9 Å². The number of rotatable bonds is 5. The lowest BCUT2D eigenvalue weighted by Gasteiger charge is -2.34. The number of halogens is 1. The molecule has 0 spiro atoms. The molecule has 1 atom stereocenters. The molecule has 2 aliphatic heterocycles. The molecule has 4 heterocycles. The zero-order chi connectivity index (χ0) is 23.0. The highest BCUT2D eigenvalue weighted by atomic mass is 79.9. The van der Waals surface area contributed by atoms with Crippen molar-refractivity contribution in [3.05, 3.63) is 45.6 Å². The number of aliphatic imine (C=N–C) groups is 1. The first-order valence-electron chi connectivity index (χ1n) is 10.9. The van der Waals surface area contributed by atoms with Crippen LogP contribution in [0.25, 0.3) is 5.52 Å². The van der Waals surface area contributed by atoms with Crippen LogP contribution in [-0.2, 0) is 9.53 Å². The smallest absolute Gasteiger partial charge is 0.254 e. The lowest BCUT2D eigenvalue weighted by molar-refractivity contribution is -0.120. The monoisotopic (exact) mass is 500 g/mol. The standard InChI is InChI=1S/C24H29BrN4O3/c1-14-9-15(2)27-23(31)21(14)12-26-22(30)20-11-19-10-17(25)13-29(19)24(16(20)3)28(4)18-5-7-32-8-6-18/h9-11,13,18,21H,5-8,12H2,1-4H3,(H,26,30). The number of fused-ring (bicyclic) bond motifs is 1. The van der Waals surface area contributed by atoms with Crippen LogP contribution in [0.4, 0.5) is 5.82 Å². The van der Waals surface area contributed by atoms with E-state index >= 15 is 0 Å². The van der Waals surface area contributed by atoms with Gasteiger partial charge in [0, 0.05) is 65.9 Å². The fourth-order valence-corrected chi connectivity index (χ4v) is 5.10. The third kappa shape index (κ3) is 4.38. The van der Waals surface area contributed by atoms with Gasteiger partial charge in [0.05, 0.1) is 5.92 Å². The molecule has 4 rings (SSSR count). The summed E-state index contributed by atoms with van der Waals surface area (Å²) in [5.74, 6) is 0.190. The fraction of sp³-hybridized carbons (Fsp3) is 0.458. The van der Waals surface area contributed by atoms with Gasteiger partial charge in [0.1, 0.15) is 5.82 Å². The quantitative estimate of drug-likeness (QED) is 0.674. The van der Waals surface area contributed by atoms with Gasteiger partial charge in [-0.3, -0.25) is 9.59 Å². The van der Waals surface area contributed by atoms with E-state index in [0.29, 0.717) is 17.3 Å². The summed E-state index contributed by atoms with van der Waals surface area (Å²) in [7, 11) is 2.09. The molecule has 1 N–H and O–H groups in total. The number of hydrogen-bond donors (Lipinski definition) is 1. The molecule has 0 radical (unpaired) electrons. The predicted molar refractivity (Wildman–Crippen MR) is 130 cm³/mol. The molecule has 2 aromatic heterocycles. The molecule has 0 aliphatic carbocycles. The first-order chi connectivity index (χ1) is 15.3. The molecule has 1 unspecified atom stereocenters. The van der Waals surface area contributed by atoms with Crippen molar-refractivity contribution in [2.75, 3.05) is 31.7 Å². The third-order valence-electron chi connectivity index (χ3n) is 6.43. The maximum atomic E-state index is 13.3. The highest BCUT2D eigenvalue weighted by Crippen LogP contribution is 2.31. The van der Waals surface area contributed by atoms with Crippen molar-refractivity contribution in [2.45, 2.75) is 39.7 Å². The van der Waals surface area contributed by atoms with Crippen LogP contribution >= 0.6 is 15.9 Å². The lowest BCUT2D eigenvalue weighted by atomic mass is 9.95. The van der Waals surface area contributed by atoms with Gasteiger partial charge >= 0.3 is 0 Å². The molecule has 2 aromatic rings. The molecular formula is C24H29BrN4O3. The second-order valence-corrected chi connectivity index (χ2v) is 9.57. The van der Waals surface area contributed by atoms with Gasteiger partial charge in [-0.25, -0.2) is 4.99 Å². The minimum absolute atomic E-state index is 0.184. The molecule has 2 amide bonds.